The van der Waals surface area contributed by atoms with Gasteiger partial charge in [0.25, 0.3) is 5.88 Å². The van der Waals surface area contributed by atoms with Gasteiger partial charge < -0.3 is 24.1 Å². The standard InChI is InChI=1S/C20H25N7O3/c1-13(12-29-3)27-15(9-21)8-14-10-22-20(24-18(14)27)23-17-11-26(6-7-28-2)25-19(17)30-16-4-5-16/h8,10-11,13,16H,4-7,12H2,1-3H3,(H,22,23,24)/t13-/m0/s1. The van der Waals surface area contributed by atoms with Crippen molar-refractivity contribution < 1.29 is 14.2 Å². The Hall–Kier alpha value is -3.16. The average molecular weight is 411 g/mol. The molecule has 0 aromatic carbocycles. The second-order valence-corrected chi connectivity index (χ2v) is 7.33. The van der Waals surface area contributed by atoms with E-state index in [2.05, 4.69) is 26.5 Å². The van der Waals surface area contributed by atoms with Gasteiger partial charge in [0.15, 0.2) is 0 Å². The summed E-state index contributed by atoms with van der Waals surface area (Å²) in [5.41, 5.74) is 1.89. The highest BCUT2D eigenvalue weighted by Gasteiger charge is 2.26. The molecule has 3 heterocycles. The van der Waals surface area contributed by atoms with Crippen molar-refractivity contribution in [3.8, 4) is 11.9 Å². The summed E-state index contributed by atoms with van der Waals surface area (Å²) < 4.78 is 20.0. The lowest BCUT2D eigenvalue weighted by molar-refractivity contribution is 0.163. The molecule has 10 heteroatoms. The van der Waals surface area contributed by atoms with Crippen molar-refractivity contribution in [2.75, 3.05) is 32.8 Å². The van der Waals surface area contributed by atoms with Gasteiger partial charge in [0.1, 0.15) is 29.2 Å². The third kappa shape index (κ3) is 4.22. The van der Waals surface area contributed by atoms with E-state index in [0.29, 0.717) is 48.6 Å². The first-order valence-corrected chi connectivity index (χ1v) is 9.90. The Morgan fingerprint density at radius 3 is 2.87 bits per heavy atom. The van der Waals surface area contributed by atoms with Crippen LogP contribution >= 0.6 is 0 Å². The molecule has 0 bridgehead atoms. The summed E-state index contributed by atoms with van der Waals surface area (Å²) >= 11 is 0. The van der Waals surface area contributed by atoms with Crippen molar-refractivity contribution in [1.82, 2.24) is 24.3 Å². The summed E-state index contributed by atoms with van der Waals surface area (Å²) in [6, 6.07) is 3.97. The maximum atomic E-state index is 9.53. The third-order valence-corrected chi connectivity index (χ3v) is 4.84. The first-order chi connectivity index (χ1) is 14.6. The van der Waals surface area contributed by atoms with E-state index in [4.69, 9.17) is 14.2 Å². The number of anilines is 2. The first kappa shape index (κ1) is 20.1. The summed E-state index contributed by atoms with van der Waals surface area (Å²) in [7, 11) is 3.29. The summed E-state index contributed by atoms with van der Waals surface area (Å²) in [5.74, 6) is 0.932. The summed E-state index contributed by atoms with van der Waals surface area (Å²) in [6.07, 6.45) is 5.85. The van der Waals surface area contributed by atoms with E-state index in [1.54, 1.807) is 31.2 Å². The Labute approximate surface area is 174 Å². The molecular weight excluding hydrogens is 386 g/mol. The van der Waals surface area contributed by atoms with Crippen LogP contribution in [0.3, 0.4) is 0 Å². The van der Waals surface area contributed by atoms with E-state index in [1.807, 2.05) is 17.7 Å². The minimum atomic E-state index is -0.0459. The van der Waals surface area contributed by atoms with Crippen LogP contribution in [-0.2, 0) is 16.0 Å². The Morgan fingerprint density at radius 2 is 2.17 bits per heavy atom. The SMILES string of the molecule is COCCn1cc(Nc2ncc3cc(C#N)n([C@@H](C)COC)c3n2)c(OC2CC2)n1. The largest absolute Gasteiger partial charge is 0.472 e. The highest BCUT2D eigenvalue weighted by Crippen LogP contribution is 2.32. The number of hydrogen-bond acceptors (Lipinski definition) is 8. The molecule has 0 radical (unpaired) electrons. The molecule has 4 rings (SSSR count). The number of fused-ring (bicyclic) bond motifs is 1. The van der Waals surface area contributed by atoms with E-state index < -0.39 is 0 Å². The fourth-order valence-electron chi connectivity index (χ4n) is 3.26. The smallest absolute Gasteiger partial charge is 0.257 e. The van der Waals surface area contributed by atoms with Crippen LogP contribution < -0.4 is 10.1 Å². The molecule has 0 saturated heterocycles. The first-order valence-electron chi connectivity index (χ1n) is 9.90. The zero-order chi connectivity index (χ0) is 21.1. The van der Waals surface area contributed by atoms with Gasteiger partial charge in [-0.15, -0.1) is 5.10 Å². The van der Waals surface area contributed by atoms with E-state index in [0.717, 1.165) is 18.2 Å². The van der Waals surface area contributed by atoms with Crippen molar-refractivity contribution >= 4 is 22.7 Å². The van der Waals surface area contributed by atoms with E-state index >= 15 is 0 Å². The maximum absolute atomic E-state index is 9.53. The van der Waals surface area contributed by atoms with E-state index in [1.165, 1.54) is 0 Å². The molecule has 0 unspecified atom stereocenters. The lowest BCUT2D eigenvalue weighted by Crippen LogP contribution is -2.13. The summed E-state index contributed by atoms with van der Waals surface area (Å²) in [5, 5.41) is 18.1. The summed E-state index contributed by atoms with van der Waals surface area (Å²) in [6.45, 7) is 3.62. The molecule has 10 nitrogen and oxygen atoms in total. The van der Waals surface area contributed by atoms with Gasteiger partial charge in [0.2, 0.25) is 5.95 Å². The van der Waals surface area contributed by atoms with Gasteiger partial charge in [0.05, 0.1) is 32.0 Å². The van der Waals surface area contributed by atoms with Crippen LogP contribution in [-0.4, -0.2) is 57.9 Å². The van der Waals surface area contributed by atoms with Gasteiger partial charge in [-0.25, -0.2) is 4.98 Å². The maximum Gasteiger partial charge on any atom is 0.257 e. The van der Waals surface area contributed by atoms with Crippen LogP contribution in [0.4, 0.5) is 11.6 Å². The van der Waals surface area contributed by atoms with Crippen molar-refractivity contribution in [3.05, 3.63) is 24.2 Å². The predicted octanol–water partition coefficient (Wildman–Crippen LogP) is 2.64. The average Bonchev–Trinajstić information content (AvgIpc) is 3.36. The number of rotatable bonds is 10. The zero-order valence-electron chi connectivity index (χ0n) is 17.3. The second kappa shape index (κ2) is 8.69. The van der Waals surface area contributed by atoms with Crippen LogP contribution in [0.15, 0.2) is 18.5 Å². The minimum absolute atomic E-state index is 0.0459. The molecule has 1 fully saturated rings. The fourth-order valence-corrected chi connectivity index (χ4v) is 3.26. The van der Waals surface area contributed by atoms with Crippen LogP contribution in [0.2, 0.25) is 0 Å². The molecular formula is C20H25N7O3. The van der Waals surface area contributed by atoms with Crippen LogP contribution in [0.5, 0.6) is 5.88 Å². The normalized spacial score (nSPS) is 14.6. The number of aromatic nitrogens is 5. The van der Waals surface area contributed by atoms with E-state index in [9.17, 15) is 5.26 Å². The van der Waals surface area contributed by atoms with Gasteiger partial charge in [-0.1, -0.05) is 0 Å². The zero-order valence-corrected chi connectivity index (χ0v) is 17.3. The molecule has 0 spiro atoms. The monoisotopic (exact) mass is 411 g/mol. The van der Waals surface area contributed by atoms with Crippen LogP contribution in [0.1, 0.15) is 31.5 Å². The quantitative estimate of drug-likeness (QED) is 0.542. The molecule has 1 atom stereocenters. The van der Waals surface area contributed by atoms with Gasteiger partial charge in [-0.05, 0) is 25.8 Å². The van der Waals surface area contributed by atoms with Crippen molar-refractivity contribution in [2.45, 2.75) is 38.5 Å². The highest BCUT2D eigenvalue weighted by atomic mass is 16.5. The Balaban J connectivity index is 1.66. The molecule has 3 aromatic heterocycles. The Bertz CT molecular complexity index is 1060. The predicted molar refractivity (Wildman–Crippen MR) is 110 cm³/mol. The molecule has 158 valence electrons. The number of methoxy groups -OCH3 is 2. The van der Waals surface area contributed by atoms with Gasteiger partial charge >= 0.3 is 0 Å². The molecule has 30 heavy (non-hydrogen) atoms. The Morgan fingerprint density at radius 1 is 1.33 bits per heavy atom. The second-order valence-electron chi connectivity index (χ2n) is 7.33. The highest BCUT2D eigenvalue weighted by molar-refractivity contribution is 5.79. The lowest BCUT2D eigenvalue weighted by atomic mass is 10.3. The minimum Gasteiger partial charge on any atom is -0.472 e. The molecule has 1 aliphatic rings. The number of nitriles is 1. The fraction of sp³-hybridized carbons (Fsp3) is 0.500. The molecule has 1 aliphatic carbocycles. The molecule has 3 aromatic rings. The number of nitrogens with one attached hydrogen (secondary N) is 1. The molecule has 1 N–H and O–H groups in total. The van der Waals surface area contributed by atoms with Gasteiger partial charge in [0, 0.05) is 25.8 Å². The molecule has 1 saturated carbocycles. The molecule has 0 aliphatic heterocycles. The molecule has 0 amide bonds. The third-order valence-electron chi connectivity index (χ3n) is 4.84. The van der Waals surface area contributed by atoms with Crippen LogP contribution in [0.25, 0.3) is 11.0 Å². The van der Waals surface area contributed by atoms with Gasteiger partial charge in [-0.3, -0.25) is 4.68 Å². The van der Waals surface area contributed by atoms with Gasteiger partial charge in [-0.2, -0.15) is 10.2 Å². The van der Waals surface area contributed by atoms with Crippen molar-refractivity contribution in [3.63, 3.8) is 0 Å². The Kier molecular flexibility index (Phi) is 5.83. The topological polar surface area (TPSA) is 112 Å². The lowest BCUT2D eigenvalue weighted by Gasteiger charge is -2.15. The van der Waals surface area contributed by atoms with Crippen LogP contribution in [0, 0.1) is 11.3 Å². The van der Waals surface area contributed by atoms with Crippen molar-refractivity contribution in [1.29, 1.82) is 5.26 Å². The number of nitrogens with zero attached hydrogens (tertiary/aromatic N) is 6. The number of hydrogen-bond donors (Lipinski definition) is 1. The number of ether oxygens (including phenoxy) is 3. The summed E-state index contributed by atoms with van der Waals surface area (Å²) in [4.78, 5) is 9.08. The van der Waals surface area contributed by atoms with Crippen molar-refractivity contribution in [2.24, 2.45) is 0 Å². The van der Waals surface area contributed by atoms with E-state index in [-0.39, 0.29) is 12.1 Å².